The first-order valence-electron chi connectivity index (χ1n) is 7.73. The first kappa shape index (κ1) is 18.7. The highest BCUT2D eigenvalue weighted by atomic mass is 35.7. The summed E-state index contributed by atoms with van der Waals surface area (Å²) < 4.78 is 28.7. The van der Waals surface area contributed by atoms with Crippen LogP contribution in [0.1, 0.15) is 25.8 Å². The molecular weight excluding hydrogens is 354 g/mol. The van der Waals surface area contributed by atoms with E-state index in [1.165, 1.54) is 0 Å². The van der Waals surface area contributed by atoms with Crippen LogP contribution in [0.4, 0.5) is 4.79 Å². The molecule has 1 heterocycles. The summed E-state index contributed by atoms with van der Waals surface area (Å²) in [5.41, 5.74) is 0.924. The van der Waals surface area contributed by atoms with E-state index < -0.39 is 38.3 Å². The molecule has 0 radical (unpaired) electrons. The minimum Gasteiger partial charge on any atom is -0.447 e. The van der Waals surface area contributed by atoms with Crippen LogP contribution in [-0.4, -0.2) is 43.2 Å². The Morgan fingerprint density at radius 1 is 1.38 bits per heavy atom. The number of hydrogen-bond donors (Lipinski definition) is 0. The van der Waals surface area contributed by atoms with Crippen LogP contribution < -0.4 is 0 Å². The van der Waals surface area contributed by atoms with Crippen molar-refractivity contribution < 1.29 is 22.7 Å². The molecular formula is C16H20ClNO5S. The maximum Gasteiger partial charge on any atom is 0.417 e. The lowest BCUT2D eigenvalue weighted by molar-refractivity contribution is -0.129. The van der Waals surface area contributed by atoms with Gasteiger partial charge in [0.2, 0.25) is 9.05 Å². The van der Waals surface area contributed by atoms with E-state index in [1.807, 2.05) is 30.3 Å². The SMILES string of the molecule is CCC(C)[C@H](C(=O)N1C(=O)OC[C@H]1Cc1ccccc1)S(=O)(=O)Cl. The topological polar surface area (TPSA) is 80.8 Å². The molecule has 0 saturated carbocycles. The molecule has 0 spiro atoms. The quantitative estimate of drug-likeness (QED) is 0.716. The van der Waals surface area contributed by atoms with Crippen LogP contribution in [0.15, 0.2) is 30.3 Å². The largest absolute Gasteiger partial charge is 0.447 e. The van der Waals surface area contributed by atoms with Crippen molar-refractivity contribution in [1.82, 2.24) is 4.90 Å². The average molecular weight is 374 g/mol. The Labute approximate surface area is 146 Å². The van der Waals surface area contributed by atoms with Crippen LogP contribution in [-0.2, 0) is 25.0 Å². The number of ether oxygens (including phenoxy) is 1. The summed E-state index contributed by atoms with van der Waals surface area (Å²) in [6.45, 7) is 3.42. The number of rotatable bonds is 6. The molecule has 1 aromatic carbocycles. The van der Waals surface area contributed by atoms with Crippen molar-refractivity contribution in [2.45, 2.75) is 38.0 Å². The number of hydrogen-bond acceptors (Lipinski definition) is 5. The van der Waals surface area contributed by atoms with Gasteiger partial charge in [0.1, 0.15) is 6.61 Å². The molecule has 3 atom stereocenters. The van der Waals surface area contributed by atoms with Gasteiger partial charge < -0.3 is 4.74 Å². The molecule has 2 rings (SSSR count). The second-order valence-corrected chi connectivity index (χ2v) is 8.66. The van der Waals surface area contributed by atoms with Crippen molar-refractivity contribution in [2.24, 2.45) is 5.92 Å². The Morgan fingerprint density at radius 3 is 2.54 bits per heavy atom. The standard InChI is InChI=1S/C16H20ClNO5S/c1-3-11(2)14(24(17,21)22)15(19)18-13(10-23-16(18)20)9-12-7-5-4-6-8-12/h4-8,11,13-14H,3,9-10H2,1-2H3/t11?,13-,14-/m1/s1. The second-order valence-electron chi connectivity index (χ2n) is 5.91. The van der Waals surface area contributed by atoms with Gasteiger partial charge in [-0.05, 0) is 17.9 Å². The van der Waals surface area contributed by atoms with E-state index in [4.69, 9.17) is 15.4 Å². The van der Waals surface area contributed by atoms with Crippen LogP contribution in [0.3, 0.4) is 0 Å². The van der Waals surface area contributed by atoms with E-state index in [0.29, 0.717) is 12.8 Å². The molecule has 1 saturated heterocycles. The van der Waals surface area contributed by atoms with Gasteiger partial charge >= 0.3 is 6.09 Å². The van der Waals surface area contributed by atoms with Gasteiger partial charge in [-0.3, -0.25) is 4.79 Å². The minimum absolute atomic E-state index is 0.0367. The number of benzene rings is 1. The molecule has 132 valence electrons. The van der Waals surface area contributed by atoms with E-state index in [1.54, 1.807) is 13.8 Å². The Morgan fingerprint density at radius 2 is 2.00 bits per heavy atom. The summed E-state index contributed by atoms with van der Waals surface area (Å²) in [5, 5.41) is -1.46. The highest BCUT2D eigenvalue weighted by Gasteiger charge is 2.46. The number of carbonyl (C=O) groups is 2. The number of imide groups is 1. The van der Waals surface area contributed by atoms with Gasteiger partial charge in [-0.1, -0.05) is 50.6 Å². The lowest BCUT2D eigenvalue weighted by Gasteiger charge is -2.26. The van der Waals surface area contributed by atoms with Crippen LogP contribution in [0.5, 0.6) is 0 Å². The molecule has 0 aromatic heterocycles. The zero-order valence-corrected chi connectivity index (χ0v) is 15.1. The lowest BCUT2D eigenvalue weighted by atomic mass is 10.0. The zero-order valence-electron chi connectivity index (χ0n) is 13.5. The van der Waals surface area contributed by atoms with Crippen molar-refractivity contribution in [3.8, 4) is 0 Å². The Bertz CT molecular complexity index is 706. The number of cyclic esters (lactones) is 1. The highest BCUT2D eigenvalue weighted by Crippen LogP contribution is 2.26. The fourth-order valence-electron chi connectivity index (χ4n) is 2.76. The van der Waals surface area contributed by atoms with Gasteiger partial charge in [0.05, 0.1) is 6.04 Å². The summed E-state index contributed by atoms with van der Waals surface area (Å²) in [5.74, 6) is -1.33. The normalized spacial score (nSPS) is 20.5. The number of halogens is 1. The number of nitrogens with zero attached hydrogens (tertiary/aromatic N) is 1. The van der Waals surface area contributed by atoms with E-state index in [-0.39, 0.29) is 6.61 Å². The molecule has 8 heteroatoms. The lowest BCUT2D eigenvalue weighted by Crippen LogP contribution is -2.49. The Kier molecular flexibility index (Phi) is 5.87. The highest BCUT2D eigenvalue weighted by molar-refractivity contribution is 8.14. The van der Waals surface area contributed by atoms with Crippen LogP contribution in [0.25, 0.3) is 0 Å². The van der Waals surface area contributed by atoms with Crippen LogP contribution in [0, 0.1) is 5.92 Å². The molecule has 1 fully saturated rings. The third kappa shape index (κ3) is 4.08. The first-order valence-corrected chi connectivity index (χ1v) is 10.1. The molecule has 24 heavy (non-hydrogen) atoms. The second kappa shape index (κ2) is 7.53. The molecule has 1 unspecified atom stereocenters. The van der Waals surface area contributed by atoms with Gasteiger partial charge in [0.25, 0.3) is 5.91 Å². The third-order valence-electron chi connectivity index (χ3n) is 4.22. The molecule has 0 aliphatic carbocycles. The third-order valence-corrected chi connectivity index (χ3v) is 6.07. The molecule has 1 aliphatic rings. The fraction of sp³-hybridized carbons (Fsp3) is 0.500. The van der Waals surface area contributed by atoms with E-state index in [0.717, 1.165) is 10.5 Å². The molecule has 2 amide bonds. The van der Waals surface area contributed by atoms with Crippen molar-refractivity contribution in [3.05, 3.63) is 35.9 Å². The molecule has 1 aliphatic heterocycles. The summed E-state index contributed by atoms with van der Waals surface area (Å²) in [7, 11) is 1.31. The van der Waals surface area contributed by atoms with Crippen molar-refractivity contribution in [2.75, 3.05) is 6.61 Å². The molecule has 1 aromatic rings. The number of amides is 2. The van der Waals surface area contributed by atoms with Gasteiger partial charge in [0, 0.05) is 10.7 Å². The Balaban J connectivity index is 2.28. The average Bonchev–Trinajstić information content (AvgIpc) is 2.87. The minimum atomic E-state index is -4.16. The maximum atomic E-state index is 12.8. The molecule has 0 bridgehead atoms. The summed E-state index contributed by atoms with van der Waals surface area (Å²) >= 11 is 0. The van der Waals surface area contributed by atoms with E-state index in [2.05, 4.69) is 0 Å². The van der Waals surface area contributed by atoms with Crippen molar-refractivity contribution >= 4 is 31.7 Å². The Hall–Kier alpha value is -1.60. The summed E-state index contributed by atoms with van der Waals surface area (Å²) in [6.07, 6.45) is 0.0113. The first-order chi connectivity index (χ1) is 11.3. The smallest absolute Gasteiger partial charge is 0.417 e. The van der Waals surface area contributed by atoms with E-state index >= 15 is 0 Å². The predicted molar refractivity (Wildman–Crippen MR) is 90.1 cm³/mol. The van der Waals surface area contributed by atoms with Gasteiger partial charge in [-0.15, -0.1) is 0 Å². The number of carbonyl (C=O) groups excluding carboxylic acids is 2. The van der Waals surface area contributed by atoms with Gasteiger partial charge in [-0.25, -0.2) is 18.1 Å². The molecule has 0 N–H and O–H groups in total. The van der Waals surface area contributed by atoms with Crippen molar-refractivity contribution in [1.29, 1.82) is 0 Å². The van der Waals surface area contributed by atoms with Crippen molar-refractivity contribution in [3.63, 3.8) is 0 Å². The van der Waals surface area contributed by atoms with Gasteiger partial charge in [0.15, 0.2) is 5.25 Å². The van der Waals surface area contributed by atoms with Gasteiger partial charge in [-0.2, -0.15) is 0 Å². The molecule has 6 nitrogen and oxygen atoms in total. The summed E-state index contributed by atoms with van der Waals surface area (Å²) in [6, 6.07) is 8.76. The fourth-order valence-corrected chi connectivity index (χ4v) is 4.62. The predicted octanol–water partition coefficient (Wildman–Crippen LogP) is 2.56. The maximum absolute atomic E-state index is 12.8. The van der Waals surface area contributed by atoms with Crippen LogP contribution in [0.2, 0.25) is 0 Å². The van der Waals surface area contributed by atoms with Crippen LogP contribution >= 0.6 is 10.7 Å². The zero-order chi connectivity index (χ0) is 17.9. The summed E-state index contributed by atoms with van der Waals surface area (Å²) in [4.78, 5) is 25.7. The monoisotopic (exact) mass is 373 g/mol. The van der Waals surface area contributed by atoms with E-state index in [9.17, 15) is 18.0 Å².